The minimum atomic E-state index is 0.732. The Labute approximate surface area is 96.3 Å². The molecule has 2 aromatic rings. The smallest absolute Gasteiger partial charge is 0.125 e. The van der Waals surface area contributed by atoms with Crippen molar-refractivity contribution in [3.8, 4) is 17.0 Å². The fourth-order valence-electron chi connectivity index (χ4n) is 1.24. The van der Waals surface area contributed by atoms with Gasteiger partial charge in [0, 0.05) is 5.56 Å². The molecule has 0 N–H and O–H groups in total. The number of ether oxygens (including phenoxy) is 1. The van der Waals surface area contributed by atoms with E-state index in [0.717, 1.165) is 21.6 Å². The monoisotopic (exact) mass is 264 g/mol. The standard InChI is InChI=1S/C11H9BrN2O/c1-15-9-4-2-8(3-5-9)10-6-13-7-11(12)14-10/h2-7H,1H3. The Bertz CT molecular complexity index is 456. The first-order chi connectivity index (χ1) is 7.29. The largest absolute Gasteiger partial charge is 0.497 e. The van der Waals surface area contributed by atoms with E-state index in [1.54, 1.807) is 19.5 Å². The third kappa shape index (κ3) is 2.33. The second-order valence-electron chi connectivity index (χ2n) is 2.96. The number of benzene rings is 1. The van der Waals surface area contributed by atoms with Crippen LogP contribution in [0.2, 0.25) is 0 Å². The Kier molecular flexibility index (Phi) is 2.97. The van der Waals surface area contributed by atoms with Gasteiger partial charge < -0.3 is 4.74 Å². The topological polar surface area (TPSA) is 35.0 Å². The lowest BCUT2D eigenvalue weighted by Crippen LogP contribution is -1.87. The molecule has 4 heteroatoms. The molecule has 1 aromatic carbocycles. The summed E-state index contributed by atoms with van der Waals surface area (Å²) in [5.41, 5.74) is 1.86. The van der Waals surface area contributed by atoms with Crippen LogP contribution in [0.15, 0.2) is 41.3 Å². The average molecular weight is 265 g/mol. The summed E-state index contributed by atoms with van der Waals surface area (Å²) >= 11 is 3.29. The highest BCUT2D eigenvalue weighted by molar-refractivity contribution is 9.10. The van der Waals surface area contributed by atoms with Crippen LogP contribution in [-0.4, -0.2) is 17.1 Å². The number of rotatable bonds is 2. The van der Waals surface area contributed by atoms with Crippen molar-refractivity contribution in [2.24, 2.45) is 0 Å². The van der Waals surface area contributed by atoms with Gasteiger partial charge in [-0.05, 0) is 40.2 Å². The Hall–Kier alpha value is -1.42. The lowest BCUT2D eigenvalue weighted by atomic mass is 10.1. The normalized spacial score (nSPS) is 10.0. The van der Waals surface area contributed by atoms with E-state index in [1.165, 1.54) is 0 Å². The molecule has 2 rings (SSSR count). The van der Waals surface area contributed by atoms with Gasteiger partial charge in [-0.2, -0.15) is 0 Å². The molecule has 0 bridgehead atoms. The van der Waals surface area contributed by atoms with Crippen LogP contribution in [0.1, 0.15) is 0 Å². The minimum Gasteiger partial charge on any atom is -0.497 e. The molecule has 76 valence electrons. The van der Waals surface area contributed by atoms with Crippen molar-refractivity contribution in [1.29, 1.82) is 0 Å². The van der Waals surface area contributed by atoms with Crippen molar-refractivity contribution in [2.45, 2.75) is 0 Å². The molecule has 0 amide bonds. The van der Waals surface area contributed by atoms with Crippen LogP contribution in [-0.2, 0) is 0 Å². The maximum Gasteiger partial charge on any atom is 0.125 e. The lowest BCUT2D eigenvalue weighted by Gasteiger charge is -2.02. The van der Waals surface area contributed by atoms with Gasteiger partial charge in [0.2, 0.25) is 0 Å². The van der Waals surface area contributed by atoms with Gasteiger partial charge in [0.25, 0.3) is 0 Å². The molecule has 0 aliphatic carbocycles. The second kappa shape index (κ2) is 4.40. The Balaban J connectivity index is 2.37. The highest BCUT2D eigenvalue weighted by atomic mass is 79.9. The van der Waals surface area contributed by atoms with Crippen molar-refractivity contribution in [2.75, 3.05) is 7.11 Å². The Morgan fingerprint density at radius 1 is 1.13 bits per heavy atom. The van der Waals surface area contributed by atoms with Crippen molar-refractivity contribution >= 4 is 15.9 Å². The maximum atomic E-state index is 5.08. The molecule has 1 heterocycles. The number of aromatic nitrogens is 2. The molecule has 0 radical (unpaired) electrons. The zero-order valence-corrected chi connectivity index (χ0v) is 9.73. The van der Waals surface area contributed by atoms with Crippen molar-refractivity contribution < 1.29 is 4.74 Å². The van der Waals surface area contributed by atoms with E-state index in [1.807, 2.05) is 24.3 Å². The Morgan fingerprint density at radius 2 is 1.87 bits per heavy atom. The SMILES string of the molecule is COc1ccc(-c2cncc(Br)n2)cc1. The van der Waals surface area contributed by atoms with Crippen LogP contribution in [0.4, 0.5) is 0 Å². The summed E-state index contributed by atoms with van der Waals surface area (Å²) in [4.78, 5) is 8.37. The average Bonchev–Trinajstić information content (AvgIpc) is 2.29. The van der Waals surface area contributed by atoms with Crippen molar-refractivity contribution in [1.82, 2.24) is 9.97 Å². The van der Waals surface area contributed by atoms with Gasteiger partial charge in [0.15, 0.2) is 0 Å². The van der Waals surface area contributed by atoms with E-state index < -0.39 is 0 Å². The van der Waals surface area contributed by atoms with Gasteiger partial charge in [-0.15, -0.1) is 0 Å². The quantitative estimate of drug-likeness (QED) is 0.837. The van der Waals surface area contributed by atoms with Gasteiger partial charge in [0.05, 0.1) is 25.2 Å². The van der Waals surface area contributed by atoms with E-state index in [-0.39, 0.29) is 0 Å². The third-order valence-electron chi connectivity index (χ3n) is 1.99. The summed E-state index contributed by atoms with van der Waals surface area (Å²) in [7, 11) is 1.65. The van der Waals surface area contributed by atoms with Gasteiger partial charge in [-0.25, -0.2) is 4.98 Å². The van der Waals surface area contributed by atoms with Gasteiger partial charge in [-0.3, -0.25) is 4.98 Å². The first-order valence-corrected chi connectivity index (χ1v) is 5.21. The third-order valence-corrected chi connectivity index (χ3v) is 2.37. The van der Waals surface area contributed by atoms with Crippen molar-refractivity contribution in [3.63, 3.8) is 0 Å². The number of halogens is 1. The lowest BCUT2D eigenvalue weighted by molar-refractivity contribution is 0.415. The molecule has 15 heavy (non-hydrogen) atoms. The van der Waals surface area contributed by atoms with Gasteiger partial charge >= 0.3 is 0 Å². The van der Waals surface area contributed by atoms with Crippen LogP contribution in [0.3, 0.4) is 0 Å². The molecule has 0 aliphatic rings. The van der Waals surface area contributed by atoms with Crippen molar-refractivity contribution in [3.05, 3.63) is 41.3 Å². The highest BCUT2D eigenvalue weighted by Gasteiger charge is 2.00. The van der Waals surface area contributed by atoms with E-state index in [2.05, 4.69) is 25.9 Å². The molecule has 3 nitrogen and oxygen atoms in total. The molecule has 0 saturated carbocycles. The van der Waals surface area contributed by atoms with Gasteiger partial charge in [-0.1, -0.05) is 0 Å². The summed E-state index contributed by atoms with van der Waals surface area (Å²) in [5.74, 6) is 0.835. The predicted octanol–water partition coefficient (Wildman–Crippen LogP) is 2.91. The number of hydrogen-bond donors (Lipinski definition) is 0. The second-order valence-corrected chi connectivity index (χ2v) is 3.77. The van der Waals surface area contributed by atoms with Crippen LogP contribution in [0, 0.1) is 0 Å². The first-order valence-electron chi connectivity index (χ1n) is 4.41. The molecule has 1 aromatic heterocycles. The molecule has 0 aliphatic heterocycles. The maximum absolute atomic E-state index is 5.08. The minimum absolute atomic E-state index is 0.732. The molecular weight excluding hydrogens is 256 g/mol. The molecule has 0 spiro atoms. The van der Waals surface area contributed by atoms with E-state index in [0.29, 0.717) is 0 Å². The Morgan fingerprint density at radius 3 is 2.47 bits per heavy atom. The molecule has 0 fully saturated rings. The van der Waals surface area contributed by atoms with E-state index in [4.69, 9.17) is 4.74 Å². The summed E-state index contributed by atoms with van der Waals surface area (Å²) in [5, 5.41) is 0. The summed E-state index contributed by atoms with van der Waals surface area (Å²) in [6.07, 6.45) is 3.39. The molecule has 0 unspecified atom stereocenters. The summed E-state index contributed by atoms with van der Waals surface area (Å²) in [6, 6.07) is 7.71. The first kappa shape index (κ1) is 10.1. The van der Waals surface area contributed by atoms with Crippen LogP contribution in [0.5, 0.6) is 5.75 Å². The summed E-state index contributed by atoms with van der Waals surface area (Å²) in [6.45, 7) is 0. The molecule has 0 atom stereocenters. The number of hydrogen-bond acceptors (Lipinski definition) is 3. The zero-order chi connectivity index (χ0) is 10.7. The summed E-state index contributed by atoms with van der Waals surface area (Å²) < 4.78 is 5.82. The van der Waals surface area contributed by atoms with Gasteiger partial charge in [0.1, 0.15) is 10.4 Å². The van der Waals surface area contributed by atoms with Crippen LogP contribution in [0.25, 0.3) is 11.3 Å². The zero-order valence-electron chi connectivity index (χ0n) is 8.14. The number of nitrogens with zero attached hydrogens (tertiary/aromatic N) is 2. The van der Waals surface area contributed by atoms with Crippen LogP contribution < -0.4 is 4.74 Å². The number of methoxy groups -OCH3 is 1. The molecular formula is C11H9BrN2O. The molecule has 0 saturated heterocycles. The fraction of sp³-hybridized carbons (Fsp3) is 0.0909. The predicted molar refractivity (Wildman–Crippen MR) is 61.7 cm³/mol. The fourth-order valence-corrected chi connectivity index (χ4v) is 1.55. The van der Waals surface area contributed by atoms with Crippen LogP contribution >= 0.6 is 15.9 Å². The highest BCUT2D eigenvalue weighted by Crippen LogP contribution is 2.20. The van der Waals surface area contributed by atoms with E-state index >= 15 is 0 Å². The van der Waals surface area contributed by atoms with E-state index in [9.17, 15) is 0 Å².